The first-order valence-corrected chi connectivity index (χ1v) is 11.8. The molecule has 1 aromatic heterocycles. The number of nitrogens with one attached hydrogen (secondary N) is 1. The first-order chi connectivity index (χ1) is 17.7. The van der Waals surface area contributed by atoms with Gasteiger partial charge in [0.25, 0.3) is 5.91 Å². The Balaban J connectivity index is 1.51. The van der Waals surface area contributed by atoms with Gasteiger partial charge in [-0.05, 0) is 73.2 Å². The molecule has 2 aliphatic rings. The van der Waals surface area contributed by atoms with E-state index in [0.717, 1.165) is 25.0 Å². The van der Waals surface area contributed by atoms with Crippen molar-refractivity contribution in [2.75, 3.05) is 11.6 Å². The molecule has 2 atom stereocenters. The molecule has 5 rings (SSSR count). The number of hydrazine groups is 1. The number of alkyl halides is 3. The van der Waals surface area contributed by atoms with Crippen LogP contribution >= 0.6 is 0 Å². The van der Waals surface area contributed by atoms with Crippen LogP contribution in [0, 0.1) is 11.7 Å². The third-order valence-electron chi connectivity index (χ3n) is 6.48. The first kappa shape index (κ1) is 24.7. The lowest BCUT2D eigenvalue weighted by Crippen LogP contribution is -2.53. The standard InChI is InChI=1S/C26H24F4N6O/c1-16(23-33-15-34-36(23)25-31-9-2-10-32-25)35(14-17-3-4-17)24(37)20-11-19(12-21(13-20)26(28,29)30)18-5-7-22(27)8-6-18/h2,5-13,15-17,23H,3-4,14H2,1H3,(H,33,34). The Morgan fingerprint density at radius 2 is 1.81 bits per heavy atom. The van der Waals surface area contributed by atoms with Crippen molar-refractivity contribution in [3.05, 3.63) is 77.9 Å². The fraction of sp³-hybridized carbons (Fsp3) is 0.308. The normalized spacial score (nSPS) is 18.0. The van der Waals surface area contributed by atoms with Gasteiger partial charge in [0.15, 0.2) is 6.17 Å². The maximum absolute atomic E-state index is 13.8. The molecule has 0 bridgehead atoms. The lowest BCUT2D eigenvalue weighted by molar-refractivity contribution is -0.137. The zero-order valence-electron chi connectivity index (χ0n) is 19.9. The summed E-state index contributed by atoms with van der Waals surface area (Å²) in [6, 6.07) is 9.54. The number of hydrogen-bond donors (Lipinski definition) is 1. The van der Waals surface area contributed by atoms with Crippen LogP contribution in [-0.4, -0.2) is 45.9 Å². The van der Waals surface area contributed by atoms with Crippen molar-refractivity contribution in [3.63, 3.8) is 0 Å². The highest BCUT2D eigenvalue weighted by molar-refractivity contribution is 5.96. The number of amides is 1. The molecule has 0 radical (unpaired) electrons. The molecule has 1 fully saturated rings. The van der Waals surface area contributed by atoms with E-state index >= 15 is 0 Å². The second-order valence-electron chi connectivity index (χ2n) is 9.18. The van der Waals surface area contributed by atoms with Crippen molar-refractivity contribution in [2.24, 2.45) is 10.9 Å². The average molecular weight is 513 g/mol. The van der Waals surface area contributed by atoms with Gasteiger partial charge in [-0.3, -0.25) is 10.2 Å². The third-order valence-corrected chi connectivity index (χ3v) is 6.48. The fourth-order valence-electron chi connectivity index (χ4n) is 4.31. The second-order valence-corrected chi connectivity index (χ2v) is 9.18. The van der Waals surface area contributed by atoms with E-state index in [9.17, 15) is 22.4 Å². The summed E-state index contributed by atoms with van der Waals surface area (Å²) in [5.74, 6) is -0.416. The molecule has 1 N–H and O–H groups in total. The SMILES string of the molecule is CC(C1N=CNN1c1ncccn1)N(CC1CC1)C(=O)c1cc(-c2ccc(F)cc2)cc(C(F)(F)F)c1. The molecule has 2 aromatic carbocycles. The number of aliphatic imine (C=N–C) groups is 1. The Labute approximate surface area is 210 Å². The number of carbonyl (C=O) groups excluding carboxylic acids is 1. The molecular weight excluding hydrogens is 488 g/mol. The molecule has 3 aromatic rings. The van der Waals surface area contributed by atoms with E-state index in [1.54, 1.807) is 35.3 Å². The lowest BCUT2D eigenvalue weighted by atomic mass is 9.98. The van der Waals surface area contributed by atoms with E-state index in [1.807, 2.05) is 0 Å². The van der Waals surface area contributed by atoms with Crippen molar-refractivity contribution < 1.29 is 22.4 Å². The largest absolute Gasteiger partial charge is 0.416 e. The minimum Gasteiger partial charge on any atom is -0.332 e. The smallest absolute Gasteiger partial charge is 0.332 e. The Hall–Kier alpha value is -4.02. The quantitative estimate of drug-likeness (QED) is 0.455. The average Bonchev–Trinajstić information content (AvgIpc) is 3.58. The molecule has 1 saturated carbocycles. The molecule has 0 spiro atoms. The molecule has 11 heteroatoms. The van der Waals surface area contributed by atoms with Gasteiger partial charge in [0.2, 0.25) is 5.95 Å². The van der Waals surface area contributed by atoms with Crippen LogP contribution in [0.2, 0.25) is 0 Å². The summed E-state index contributed by atoms with van der Waals surface area (Å²) in [5, 5.41) is 1.62. The first-order valence-electron chi connectivity index (χ1n) is 11.8. The van der Waals surface area contributed by atoms with Crippen LogP contribution in [0.3, 0.4) is 0 Å². The molecule has 37 heavy (non-hydrogen) atoms. The van der Waals surface area contributed by atoms with Crippen LogP contribution in [0.1, 0.15) is 35.7 Å². The molecule has 1 amide bonds. The Morgan fingerprint density at radius 1 is 1.11 bits per heavy atom. The summed E-state index contributed by atoms with van der Waals surface area (Å²) >= 11 is 0. The Kier molecular flexibility index (Phi) is 6.53. The number of halogens is 4. The minimum absolute atomic E-state index is 0.0981. The summed E-state index contributed by atoms with van der Waals surface area (Å²) in [4.78, 5) is 28.3. The Morgan fingerprint density at radius 3 is 2.46 bits per heavy atom. The number of benzene rings is 2. The van der Waals surface area contributed by atoms with Gasteiger partial charge >= 0.3 is 6.18 Å². The summed E-state index contributed by atoms with van der Waals surface area (Å²) < 4.78 is 54.9. The summed E-state index contributed by atoms with van der Waals surface area (Å²) in [7, 11) is 0. The van der Waals surface area contributed by atoms with Crippen molar-refractivity contribution in [1.82, 2.24) is 20.3 Å². The van der Waals surface area contributed by atoms with Crippen molar-refractivity contribution >= 4 is 18.2 Å². The van der Waals surface area contributed by atoms with E-state index in [4.69, 9.17) is 0 Å². The van der Waals surface area contributed by atoms with Gasteiger partial charge in [-0.2, -0.15) is 13.2 Å². The van der Waals surface area contributed by atoms with Gasteiger partial charge in [-0.1, -0.05) is 12.1 Å². The van der Waals surface area contributed by atoms with Gasteiger partial charge in [0.05, 0.1) is 11.6 Å². The highest BCUT2D eigenvalue weighted by Gasteiger charge is 2.39. The molecule has 0 saturated heterocycles. The summed E-state index contributed by atoms with van der Waals surface area (Å²) in [6.07, 6.45) is 1.27. The van der Waals surface area contributed by atoms with Crippen LogP contribution in [0.25, 0.3) is 11.1 Å². The number of anilines is 1. The topological polar surface area (TPSA) is 73.7 Å². The molecule has 2 unspecified atom stereocenters. The van der Waals surface area contributed by atoms with Crippen molar-refractivity contribution in [2.45, 2.75) is 38.1 Å². The van der Waals surface area contributed by atoms with Crippen molar-refractivity contribution in [3.8, 4) is 11.1 Å². The van der Waals surface area contributed by atoms with Crippen LogP contribution in [0.5, 0.6) is 0 Å². The number of rotatable bonds is 7. The van der Waals surface area contributed by atoms with Crippen LogP contribution in [0.15, 0.2) is 65.9 Å². The molecule has 7 nitrogen and oxygen atoms in total. The molecule has 1 aliphatic heterocycles. The van der Waals surface area contributed by atoms with E-state index in [-0.39, 0.29) is 17.0 Å². The maximum Gasteiger partial charge on any atom is 0.416 e. The van der Waals surface area contributed by atoms with Gasteiger partial charge < -0.3 is 4.90 Å². The lowest BCUT2D eigenvalue weighted by Gasteiger charge is -2.35. The fourth-order valence-corrected chi connectivity index (χ4v) is 4.31. The highest BCUT2D eigenvalue weighted by atomic mass is 19.4. The van der Waals surface area contributed by atoms with Crippen molar-refractivity contribution in [1.29, 1.82) is 0 Å². The van der Waals surface area contributed by atoms with Gasteiger partial charge in [-0.25, -0.2) is 24.4 Å². The summed E-state index contributed by atoms with van der Waals surface area (Å²) in [6.45, 7) is 2.19. The molecule has 2 heterocycles. The van der Waals surface area contributed by atoms with Gasteiger partial charge in [0, 0.05) is 24.5 Å². The molecule has 1 aliphatic carbocycles. The third kappa shape index (κ3) is 5.40. The maximum atomic E-state index is 13.8. The zero-order chi connectivity index (χ0) is 26.2. The van der Waals surface area contributed by atoms with Crippen LogP contribution in [-0.2, 0) is 6.18 Å². The summed E-state index contributed by atoms with van der Waals surface area (Å²) in [5.41, 5.74) is 2.48. The predicted molar refractivity (Wildman–Crippen MR) is 130 cm³/mol. The predicted octanol–water partition coefficient (Wildman–Crippen LogP) is 4.92. The number of nitrogens with zero attached hydrogens (tertiary/aromatic N) is 5. The van der Waals surface area contributed by atoms with E-state index in [1.165, 1.54) is 36.7 Å². The van der Waals surface area contributed by atoms with E-state index < -0.39 is 35.7 Å². The monoisotopic (exact) mass is 512 g/mol. The second kappa shape index (κ2) is 9.79. The highest BCUT2D eigenvalue weighted by Crippen LogP contribution is 2.36. The minimum atomic E-state index is -4.67. The molecule has 192 valence electrons. The number of hydrogen-bond acceptors (Lipinski definition) is 6. The van der Waals surface area contributed by atoms with Gasteiger partial charge in [-0.15, -0.1) is 0 Å². The molecular formula is C26H24F4N6O. The van der Waals surface area contributed by atoms with E-state index in [0.29, 0.717) is 18.1 Å². The number of aromatic nitrogens is 2. The number of carbonyl (C=O) groups is 1. The van der Waals surface area contributed by atoms with Crippen LogP contribution < -0.4 is 10.4 Å². The Bertz CT molecular complexity index is 1290. The zero-order valence-corrected chi connectivity index (χ0v) is 19.9. The van der Waals surface area contributed by atoms with Gasteiger partial charge in [0.1, 0.15) is 12.2 Å². The van der Waals surface area contributed by atoms with E-state index in [2.05, 4.69) is 20.4 Å². The van der Waals surface area contributed by atoms with Crippen LogP contribution in [0.4, 0.5) is 23.5 Å².